The smallest absolute Gasteiger partial charge is 0.302 e. The van der Waals surface area contributed by atoms with Crippen molar-refractivity contribution in [3.63, 3.8) is 0 Å². The highest BCUT2D eigenvalue weighted by Gasteiger charge is 2.62. The first kappa shape index (κ1) is 22.9. The lowest BCUT2D eigenvalue weighted by molar-refractivity contribution is -0.307. The maximum absolute atomic E-state index is 12.6. The van der Waals surface area contributed by atoms with Gasteiger partial charge in [0, 0.05) is 26.6 Å². The molecule has 0 saturated carbocycles. The molecule has 1 aliphatic heterocycles. The van der Waals surface area contributed by atoms with Crippen LogP contribution in [0, 0.1) is 0 Å². The van der Waals surface area contributed by atoms with E-state index in [0.717, 1.165) is 0 Å². The van der Waals surface area contributed by atoms with Crippen molar-refractivity contribution in [1.29, 1.82) is 0 Å². The van der Waals surface area contributed by atoms with Gasteiger partial charge < -0.3 is 4.89 Å². The molecule has 0 spiro atoms. The molecule has 0 aromatic rings. The lowest BCUT2D eigenvalue weighted by Crippen LogP contribution is -2.46. The minimum absolute atomic E-state index is 0.0325. The molecule has 22 heavy (non-hydrogen) atoms. The van der Waals surface area contributed by atoms with Crippen LogP contribution in [-0.4, -0.2) is 34.8 Å². The zero-order valence-corrected chi connectivity index (χ0v) is 15.3. The molecule has 2 unspecified atom stereocenters. The predicted molar refractivity (Wildman–Crippen MR) is 77.1 cm³/mol. The van der Waals surface area contributed by atoms with Crippen molar-refractivity contribution in [2.24, 2.45) is 0 Å². The minimum Gasteiger partial charge on any atom is -0.302 e. The number of hydrogen-bond donors (Lipinski definition) is 3. The van der Waals surface area contributed by atoms with E-state index in [0.29, 0.717) is 0 Å². The number of rotatable bonds is 5. The second-order valence-electron chi connectivity index (χ2n) is 3.28. The summed E-state index contributed by atoms with van der Waals surface area (Å²) >= 11 is 0. The predicted octanol–water partition coefficient (Wildman–Crippen LogP) is 3.32. The topological polar surface area (TPSA) is 83.1 Å². The summed E-state index contributed by atoms with van der Waals surface area (Å²) in [5, 5.41) is 0. The van der Waals surface area contributed by atoms with Gasteiger partial charge in [-0.1, -0.05) is 0 Å². The standard InChI is InChI=1S/C4H11O4P.C2H5F5N3P3/c1-3-7-9(5,6)8-4-2;3-1(4,5)2(6,7)10-12-8-11-9-13-10/h3-4H2,1-2H3,(H,5,6);8-9,11-13H. The van der Waals surface area contributed by atoms with Crippen molar-refractivity contribution in [2.45, 2.75) is 26.1 Å². The van der Waals surface area contributed by atoms with Crippen LogP contribution < -0.4 is 9.72 Å². The number of hydrogen-bond acceptors (Lipinski definition) is 6. The van der Waals surface area contributed by atoms with Crippen LogP contribution in [0.4, 0.5) is 22.0 Å². The molecule has 1 aliphatic rings. The van der Waals surface area contributed by atoms with Gasteiger partial charge in [0.1, 0.15) is 0 Å². The maximum atomic E-state index is 12.6. The summed E-state index contributed by atoms with van der Waals surface area (Å²) in [6, 6.07) is -4.76. The van der Waals surface area contributed by atoms with Gasteiger partial charge in [0.05, 0.1) is 13.2 Å². The van der Waals surface area contributed by atoms with Gasteiger partial charge in [-0.15, -0.1) is 0 Å². The molecule has 134 valence electrons. The summed E-state index contributed by atoms with van der Waals surface area (Å²) < 4.78 is 79.7. The van der Waals surface area contributed by atoms with Gasteiger partial charge in [-0.3, -0.25) is 18.8 Å². The summed E-state index contributed by atoms with van der Waals surface area (Å²) in [6.07, 6.45) is -5.52. The van der Waals surface area contributed by atoms with E-state index in [-0.39, 0.29) is 26.5 Å². The van der Waals surface area contributed by atoms with E-state index in [9.17, 15) is 26.5 Å². The zero-order valence-electron chi connectivity index (χ0n) is 11.4. The molecule has 0 aromatic heterocycles. The van der Waals surface area contributed by atoms with Crippen LogP contribution in [0.15, 0.2) is 0 Å². The molecule has 2 atom stereocenters. The first-order valence-corrected chi connectivity index (χ1v) is 9.99. The normalized spacial score (nSPS) is 21.1. The van der Waals surface area contributed by atoms with E-state index in [1.165, 1.54) is 0 Å². The number of phosphoric acid groups is 1. The Kier molecular flexibility index (Phi) is 10.5. The van der Waals surface area contributed by atoms with Crippen molar-refractivity contribution >= 4 is 34.5 Å². The SMILES string of the molecule is CCOP(=O)(O)OCC.FC(F)(F)C(F)(F)N1PNPNP1. The highest BCUT2D eigenvalue weighted by atomic mass is 31.2. The average Bonchev–Trinajstić information content (AvgIpc) is 2.39. The van der Waals surface area contributed by atoms with Crippen LogP contribution in [0.25, 0.3) is 0 Å². The molecule has 16 heteroatoms. The Hall–Kier alpha value is 0.930. The molecule has 0 radical (unpaired) electrons. The van der Waals surface area contributed by atoms with Gasteiger partial charge in [0.2, 0.25) is 0 Å². The van der Waals surface area contributed by atoms with Gasteiger partial charge in [0.25, 0.3) is 0 Å². The third kappa shape index (κ3) is 8.15. The van der Waals surface area contributed by atoms with Crippen molar-refractivity contribution in [3.05, 3.63) is 0 Å². The lowest BCUT2D eigenvalue weighted by Gasteiger charge is -2.34. The molecule has 1 fully saturated rings. The average molecular weight is 413 g/mol. The highest BCUT2D eigenvalue weighted by Crippen LogP contribution is 2.51. The van der Waals surface area contributed by atoms with Gasteiger partial charge in [-0.25, -0.2) is 4.57 Å². The van der Waals surface area contributed by atoms with Crippen molar-refractivity contribution in [2.75, 3.05) is 13.2 Å². The quantitative estimate of drug-likeness (QED) is 0.363. The molecule has 3 N–H and O–H groups in total. The van der Waals surface area contributed by atoms with Crippen LogP contribution in [0.1, 0.15) is 13.8 Å². The molecule has 0 amide bonds. The molecule has 7 nitrogen and oxygen atoms in total. The zero-order chi connectivity index (χ0) is 17.4. The second kappa shape index (κ2) is 10.0. The molecule has 0 bridgehead atoms. The van der Waals surface area contributed by atoms with Crippen LogP contribution in [0.5, 0.6) is 0 Å². The summed E-state index contributed by atoms with van der Waals surface area (Å²) in [6.45, 7) is 3.63. The van der Waals surface area contributed by atoms with Gasteiger partial charge >= 0.3 is 20.0 Å². The number of nitrogens with zero attached hydrogens (tertiary/aromatic N) is 1. The number of alkyl halides is 5. The van der Waals surface area contributed by atoms with Crippen LogP contribution in [0.3, 0.4) is 0 Å². The summed E-state index contributed by atoms with van der Waals surface area (Å²) in [7, 11) is -5.07. The Morgan fingerprint density at radius 3 is 1.82 bits per heavy atom. The van der Waals surface area contributed by atoms with Gasteiger partial charge in [-0.2, -0.15) is 26.4 Å². The third-order valence-corrected chi connectivity index (χ3v) is 6.41. The Morgan fingerprint density at radius 2 is 1.50 bits per heavy atom. The fourth-order valence-electron chi connectivity index (χ4n) is 0.858. The molecular weight excluding hydrogens is 397 g/mol. The fraction of sp³-hybridized carbons (Fsp3) is 1.00. The molecule has 1 saturated heterocycles. The Bertz CT molecular complexity index is 361. The summed E-state index contributed by atoms with van der Waals surface area (Å²) in [5.41, 5.74) is 0. The third-order valence-electron chi connectivity index (χ3n) is 1.67. The number of phosphoric ester groups is 1. The molecule has 1 rings (SSSR count). The van der Waals surface area contributed by atoms with E-state index in [4.69, 9.17) is 4.89 Å². The van der Waals surface area contributed by atoms with E-state index in [2.05, 4.69) is 18.8 Å². The summed E-state index contributed by atoms with van der Waals surface area (Å²) in [4.78, 5) is 13.4. The number of nitrogens with one attached hydrogen (secondary N) is 2. The van der Waals surface area contributed by atoms with Gasteiger partial charge in [-0.05, 0) is 13.8 Å². The Labute approximate surface area is 129 Å². The lowest BCUT2D eigenvalue weighted by atomic mass is 10.6. The first-order chi connectivity index (χ1) is 9.98. The van der Waals surface area contributed by atoms with E-state index < -0.39 is 37.8 Å². The van der Waals surface area contributed by atoms with Crippen molar-refractivity contribution < 1.29 is 40.5 Å². The first-order valence-electron chi connectivity index (χ1n) is 5.61. The van der Waals surface area contributed by atoms with E-state index in [1.54, 1.807) is 13.8 Å². The van der Waals surface area contributed by atoms with Crippen LogP contribution in [-0.2, 0) is 13.6 Å². The maximum Gasteiger partial charge on any atom is 0.472 e. The van der Waals surface area contributed by atoms with Crippen LogP contribution in [0.2, 0.25) is 0 Å². The number of halogens is 5. The Morgan fingerprint density at radius 1 is 1.09 bits per heavy atom. The van der Waals surface area contributed by atoms with Crippen LogP contribution >= 0.6 is 34.5 Å². The molecule has 0 aromatic carbocycles. The minimum atomic E-state index is -5.52. The van der Waals surface area contributed by atoms with E-state index in [1.807, 2.05) is 0 Å². The fourth-order valence-corrected chi connectivity index (χ4v) is 5.50. The van der Waals surface area contributed by atoms with Crippen molar-refractivity contribution in [3.8, 4) is 0 Å². The second-order valence-corrected chi connectivity index (χ2v) is 8.77. The highest BCUT2D eigenvalue weighted by molar-refractivity contribution is 7.65. The Balaban J connectivity index is 0.000000433. The molecular formula is C6H16F5N3O4P4. The largest absolute Gasteiger partial charge is 0.472 e. The van der Waals surface area contributed by atoms with Gasteiger partial charge in [0.15, 0.2) is 0 Å². The van der Waals surface area contributed by atoms with Crippen molar-refractivity contribution in [1.82, 2.24) is 14.2 Å². The molecule has 1 heterocycles. The summed E-state index contributed by atoms with van der Waals surface area (Å²) in [5.74, 6) is 0. The van der Waals surface area contributed by atoms with E-state index >= 15 is 0 Å². The molecule has 0 aliphatic carbocycles. The monoisotopic (exact) mass is 413 g/mol.